The van der Waals surface area contributed by atoms with Crippen molar-refractivity contribution < 1.29 is 18.5 Å². The van der Waals surface area contributed by atoms with Gasteiger partial charge in [0.2, 0.25) is 6.79 Å². The number of ether oxygens (including phenoxy) is 2. The molecule has 0 unspecified atom stereocenters. The summed E-state index contributed by atoms with van der Waals surface area (Å²) >= 11 is 0. The van der Waals surface area contributed by atoms with Gasteiger partial charge in [-0.25, -0.2) is 0 Å². The number of hydrogen-bond donors (Lipinski definition) is 1. The summed E-state index contributed by atoms with van der Waals surface area (Å²) in [6.45, 7) is 4.87. The normalized spacial score (nSPS) is 14.1. The van der Waals surface area contributed by atoms with Gasteiger partial charge in [0.05, 0.1) is 0 Å². The van der Waals surface area contributed by atoms with Crippen molar-refractivity contribution in [3.63, 3.8) is 0 Å². The summed E-state index contributed by atoms with van der Waals surface area (Å²) in [5.74, 6) is 1.80. The van der Waals surface area contributed by atoms with Crippen LogP contribution in [0.15, 0.2) is 42.5 Å². The summed E-state index contributed by atoms with van der Waals surface area (Å²) in [5.41, 5.74) is 2.28. The van der Waals surface area contributed by atoms with Crippen LogP contribution in [0.5, 0.6) is 11.5 Å². The Morgan fingerprint density at radius 3 is 2.69 bits per heavy atom. The Balaban J connectivity index is 1.67. The first-order valence-corrected chi connectivity index (χ1v) is 10.2. The molecule has 0 bridgehead atoms. The molecular weight excluding hydrogens is 350 g/mol. The Bertz CT molecular complexity index is 847. The molecule has 0 saturated heterocycles. The van der Waals surface area contributed by atoms with Gasteiger partial charge in [-0.2, -0.15) is 0 Å². The molecule has 0 fully saturated rings. The van der Waals surface area contributed by atoms with Crippen LogP contribution >= 0.6 is 0 Å². The highest BCUT2D eigenvalue weighted by Gasteiger charge is 2.25. The van der Waals surface area contributed by atoms with Crippen molar-refractivity contribution in [2.75, 3.05) is 19.6 Å². The van der Waals surface area contributed by atoms with Crippen LogP contribution in [0.3, 0.4) is 0 Å². The number of rotatable bonds is 6. The van der Waals surface area contributed by atoms with Gasteiger partial charge in [-0.1, -0.05) is 32.0 Å². The molecule has 138 valence electrons. The SMILES string of the molecule is C[S@](=O)Cc1cccc(C(=O)NCC(C)(C)c2ccc3c(c2)OCO3)c1. The van der Waals surface area contributed by atoms with E-state index in [1.165, 1.54) is 0 Å². The minimum Gasteiger partial charge on any atom is -0.454 e. The fraction of sp³-hybridized carbons (Fsp3) is 0.350. The second-order valence-electron chi connectivity index (χ2n) is 7.05. The minimum absolute atomic E-state index is 0.137. The molecule has 2 aromatic carbocycles. The van der Waals surface area contributed by atoms with Crippen LogP contribution in [-0.2, 0) is 22.0 Å². The molecule has 1 aliphatic heterocycles. The van der Waals surface area contributed by atoms with E-state index in [2.05, 4.69) is 19.2 Å². The molecule has 0 radical (unpaired) electrons. The van der Waals surface area contributed by atoms with Crippen molar-refractivity contribution in [3.05, 3.63) is 59.2 Å². The predicted octanol–water partition coefficient (Wildman–Crippen LogP) is 3.00. The van der Waals surface area contributed by atoms with Crippen LogP contribution in [0.2, 0.25) is 0 Å². The van der Waals surface area contributed by atoms with Gasteiger partial charge in [0.15, 0.2) is 11.5 Å². The summed E-state index contributed by atoms with van der Waals surface area (Å²) in [7, 11) is -0.935. The zero-order chi connectivity index (χ0) is 18.7. The van der Waals surface area contributed by atoms with Gasteiger partial charge in [0.25, 0.3) is 5.91 Å². The van der Waals surface area contributed by atoms with E-state index in [1.807, 2.05) is 30.3 Å². The molecule has 1 heterocycles. The van der Waals surface area contributed by atoms with Gasteiger partial charge in [0.1, 0.15) is 0 Å². The highest BCUT2D eigenvalue weighted by Crippen LogP contribution is 2.36. The second kappa shape index (κ2) is 7.50. The molecule has 0 aliphatic carbocycles. The predicted molar refractivity (Wildman–Crippen MR) is 102 cm³/mol. The molecule has 0 aromatic heterocycles. The van der Waals surface area contributed by atoms with E-state index in [0.29, 0.717) is 17.9 Å². The van der Waals surface area contributed by atoms with Crippen LogP contribution in [0.25, 0.3) is 0 Å². The lowest BCUT2D eigenvalue weighted by molar-refractivity contribution is 0.0945. The molecule has 1 atom stereocenters. The van der Waals surface area contributed by atoms with Crippen molar-refractivity contribution in [1.82, 2.24) is 5.32 Å². The molecular formula is C20H23NO4S. The monoisotopic (exact) mass is 373 g/mol. The molecule has 26 heavy (non-hydrogen) atoms. The van der Waals surface area contributed by atoms with E-state index in [-0.39, 0.29) is 18.1 Å². The van der Waals surface area contributed by atoms with E-state index < -0.39 is 10.8 Å². The lowest BCUT2D eigenvalue weighted by Gasteiger charge is -2.26. The Hall–Kier alpha value is -2.34. The number of amides is 1. The quantitative estimate of drug-likeness (QED) is 0.845. The summed E-state index contributed by atoms with van der Waals surface area (Å²) in [5, 5.41) is 3.00. The van der Waals surface area contributed by atoms with Crippen LogP contribution in [-0.4, -0.2) is 29.7 Å². The van der Waals surface area contributed by atoms with Gasteiger partial charge in [0, 0.05) is 40.3 Å². The highest BCUT2D eigenvalue weighted by molar-refractivity contribution is 7.83. The Morgan fingerprint density at radius 1 is 1.15 bits per heavy atom. The molecule has 0 saturated carbocycles. The van der Waals surface area contributed by atoms with Crippen LogP contribution in [0, 0.1) is 0 Å². The minimum atomic E-state index is -0.935. The van der Waals surface area contributed by atoms with Crippen molar-refractivity contribution in [2.45, 2.75) is 25.0 Å². The first-order valence-electron chi connectivity index (χ1n) is 8.42. The molecule has 2 aromatic rings. The van der Waals surface area contributed by atoms with Crippen molar-refractivity contribution in [1.29, 1.82) is 0 Å². The van der Waals surface area contributed by atoms with E-state index in [0.717, 1.165) is 22.6 Å². The Kier molecular flexibility index (Phi) is 5.32. The fourth-order valence-electron chi connectivity index (χ4n) is 2.86. The highest BCUT2D eigenvalue weighted by atomic mass is 32.2. The Morgan fingerprint density at radius 2 is 1.92 bits per heavy atom. The Labute approximate surface area is 156 Å². The largest absolute Gasteiger partial charge is 0.454 e. The van der Waals surface area contributed by atoms with Crippen LogP contribution in [0.4, 0.5) is 0 Å². The van der Waals surface area contributed by atoms with Gasteiger partial charge in [-0.3, -0.25) is 9.00 Å². The van der Waals surface area contributed by atoms with E-state index in [1.54, 1.807) is 18.4 Å². The van der Waals surface area contributed by atoms with Crippen molar-refractivity contribution in [2.24, 2.45) is 0 Å². The maximum Gasteiger partial charge on any atom is 0.251 e. The number of benzene rings is 2. The van der Waals surface area contributed by atoms with Crippen molar-refractivity contribution >= 4 is 16.7 Å². The standard InChI is InChI=1S/C20H23NO4S/c1-20(2,16-7-8-17-18(10-16)25-13-24-17)12-21-19(22)15-6-4-5-14(9-15)11-26(3)23/h4-10H,11-13H2,1-3H3,(H,21,22)/t26-/m0/s1. The molecule has 1 amide bonds. The third-order valence-electron chi connectivity index (χ3n) is 4.40. The van der Waals surface area contributed by atoms with E-state index in [9.17, 15) is 9.00 Å². The maximum atomic E-state index is 12.5. The summed E-state index contributed by atoms with van der Waals surface area (Å²) in [4.78, 5) is 12.5. The van der Waals surface area contributed by atoms with Gasteiger partial charge in [-0.15, -0.1) is 0 Å². The van der Waals surface area contributed by atoms with Gasteiger partial charge in [-0.05, 0) is 35.4 Å². The zero-order valence-electron chi connectivity index (χ0n) is 15.2. The molecule has 6 heteroatoms. The summed E-state index contributed by atoms with van der Waals surface area (Å²) in [6.07, 6.45) is 1.65. The van der Waals surface area contributed by atoms with Crippen LogP contribution in [0.1, 0.15) is 35.3 Å². The smallest absolute Gasteiger partial charge is 0.251 e. The molecule has 1 N–H and O–H groups in total. The fourth-order valence-corrected chi connectivity index (χ4v) is 3.51. The first kappa shape index (κ1) is 18.5. The summed E-state index contributed by atoms with van der Waals surface area (Å²) < 4.78 is 22.2. The average molecular weight is 373 g/mol. The zero-order valence-corrected chi connectivity index (χ0v) is 16.0. The average Bonchev–Trinajstić information content (AvgIpc) is 3.07. The lowest BCUT2D eigenvalue weighted by atomic mass is 9.84. The maximum absolute atomic E-state index is 12.5. The molecule has 5 nitrogen and oxygen atoms in total. The number of carbonyl (C=O) groups excluding carboxylic acids is 1. The van der Waals surface area contributed by atoms with E-state index >= 15 is 0 Å². The second-order valence-corrected chi connectivity index (χ2v) is 8.49. The number of nitrogens with one attached hydrogen (secondary N) is 1. The first-order chi connectivity index (χ1) is 12.3. The van der Waals surface area contributed by atoms with Gasteiger partial charge < -0.3 is 14.8 Å². The third-order valence-corrected chi connectivity index (χ3v) is 5.14. The van der Waals surface area contributed by atoms with Crippen LogP contribution < -0.4 is 14.8 Å². The summed E-state index contributed by atoms with van der Waals surface area (Å²) in [6, 6.07) is 13.1. The lowest BCUT2D eigenvalue weighted by Crippen LogP contribution is -2.36. The van der Waals surface area contributed by atoms with Crippen molar-refractivity contribution in [3.8, 4) is 11.5 Å². The third kappa shape index (κ3) is 4.25. The number of fused-ring (bicyclic) bond motifs is 1. The van der Waals surface area contributed by atoms with Gasteiger partial charge >= 0.3 is 0 Å². The molecule has 0 spiro atoms. The topological polar surface area (TPSA) is 64.6 Å². The molecule has 3 rings (SSSR count). The number of carbonyl (C=O) groups is 1. The number of hydrogen-bond acceptors (Lipinski definition) is 4. The van der Waals surface area contributed by atoms with E-state index in [4.69, 9.17) is 9.47 Å². The molecule has 1 aliphatic rings.